The van der Waals surface area contributed by atoms with Gasteiger partial charge in [-0.1, -0.05) is 75.2 Å². The molecule has 3 aromatic carbocycles. The minimum absolute atomic E-state index is 0.271. The molecule has 0 saturated heterocycles. The Hall–Kier alpha value is -2.52. The lowest BCUT2D eigenvalue weighted by Gasteiger charge is -2.10. The van der Waals surface area contributed by atoms with Crippen molar-refractivity contribution in [3.63, 3.8) is 0 Å². The maximum atomic E-state index is 15.0. The van der Waals surface area contributed by atoms with Crippen LogP contribution in [0.3, 0.4) is 0 Å². The highest BCUT2D eigenvalue weighted by molar-refractivity contribution is 7.71. The first-order valence-electron chi connectivity index (χ1n) is 10.4. The van der Waals surface area contributed by atoms with Gasteiger partial charge in [0.2, 0.25) is 0 Å². The standard InChI is InChI=1S/C26H25FOS/c1-3-5-7-19-12-15-22-21-14-13-20(18-10-8-17(6-4-2)9-11-18)16-23(21)26(29)28-25(22)24(19)27/h8-16H,3-7H2,1-2H3. The summed E-state index contributed by atoms with van der Waals surface area (Å²) in [5.41, 5.74) is 4.54. The molecule has 0 aliphatic rings. The molecule has 0 atom stereocenters. The van der Waals surface area contributed by atoms with Gasteiger partial charge in [-0.2, -0.15) is 0 Å². The van der Waals surface area contributed by atoms with Gasteiger partial charge >= 0.3 is 0 Å². The van der Waals surface area contributed by atoms with Crippen molar-refractivity contribution in [2.75, 3.05) is 0 Å². The van der Waals surface area contributed by atoms with Crippen LogP contribution in [0.25, 0.3) is 32.9 Å². The number of aryl methyl sites for hydroxylation is 2. The fraction of sp³-hybridized carbons (Fsp3) is 0.269. The van der Waals surface area contributed by atoms with Crippen LogP contribution in [0.15, 0.2) is 59.0 Å². The first-order chi connectivity index (χ1) is 14.1. The number of benzene rings is 3. The summed E-state index contributed by atoms with van der Waals surface area (Å²) < 4.78 is 21.1. The molecule has 1 aromatic heterocycles. The Morgan fingerprint density at radius 2 is 1.52 bits per heavy atom. The first-order valence-corrected chi connectivity index (χ1v) is 10.8. The molecule has 0 unspecified atom stereocenters. The predicted molar refractivity (Wildman–Crippen MR) is 123 cm³/mol. The fourth-order valence-corrected chi connectivity index (χ4v) is 4.15. The van der Waals surface area contributed by atoms with E-state index in [-0.39, 0.29) is 11.4 Å². The zero-order valence-corrected chi connectivity index (χ0v) is 17.7. The number of halogens is 1. The zero-order valence-electron chi connectivity index (χ0n) is 16.9. The number of hydrogen-bond donors (Lipinski definition) is 0. The van der Waals surface area contributed by atoms with Gasteiger partial charge in [-0.25, -0.2) is 4.39 Å². The Kier molecular flexibility index (Phi) is 5.77. The Bertz CT molecular complexity index is 1220. The molecule has 0 radical (unpaired) electrons. The van der Waals surface area contributed by atoms with Crippen molar-refractivity contribution in [1.82, 2.24) is 0 Å². The van der Waals surface area contributed by atoms with E-state index in [9.17, 15) is 0 Å². The molecule has 0 N–H and O–H groups in total. The summed E-state index contributed by atoms with van der Waals surface area (Å²) >= 11 is 5.50. The number of fused-ring (bicyclic) bond motifs is 3. The van der Waals surface area contributed by atoms with E-state index in [1.165, 1.54) is 5.56 Å². The van der Waals surface area contributed by atoms with Gasteiger partial charge < -0.3 is 4.42 Å². The molecule has 0 aliphatic carbocycles. The summed E-state index contributed by atoms with van der Waals surface area (Å²) in [6.07, 6.45) is 4.93. The smallest absolute Gasteiger partial charge is 0.198 e. The van der Waals surface area contributed by atoms with Gasteiger partial charge in [0.1, 0.15) is 0 Å². The van der Waals surface area contributed by atoms with Crippen molar-refractivity contribution < 1.29 is 8.81 Å². The van der Waals surface area contributed by atoms with Crippen LogP contribution in [0.4, 0.5) is 4.39 Å². The van der Waals surface area contributed by atoms with Crippen molar-refractivity contribution in [1.29, 1.82) is 0 Å². The van der Waals surface area contributed by atoms with Gasteiger partial charge in [-0.05, 0) is 65.2 Å². The second-order valence-corrected chi connectivity index (χ2v) is 7.99. The van der Waals surface area contributed by atoms with Crippen molar-refractivity contribution in [2.45, 2.75) is 46.0 Å². The topological polar surface area (TPSA) is 13.1 Å². The van der Waals surface area contributed by atoms with Crippen molar-refractivity contribution in [3.05, 3.63) is 76.2 Å². The lowest BCUT2D eigenvalue weighted by atomic mass is 9.98. The summed E-state index contributed by atoms with van der Waals surface area (Å²) in [5.74, 6) is -0.278. The lowest BCUT2D eigenvalue weighted by molar-refractivity contribution is 0.537. The highest BCUT2D eigenvalue weighted by atomic mass is 32.1. The number of unbranched alkanes of at least 4 members (excludes halogenated alkanes) is 1. The van der Waals surface area contributed by atoms with Gasteiger partial charge in [0, 0.05) is 10.8 Å². The number of rotatable bonds is 6. The second kappa shape index (κ2) is 8.46. The first kappa shape index (κ1) is 19.8. The van der Waals surface area contributed by atoms with Crippen LogP contribution >= 0.6 is 12.2 Å². The molecule has 0 aliphatic heterocycles. The third-order valence-corrected chi connectivity index (χ3v) is 5.83. The molecular formula is C26H25FOS. The Morgan fingerprint density at radius 3 is 2.24 bits per heavy atom. The highest BCUT2D eigenvalue weighted by Gasteiger charge is 2.14. The van der Waals surface area contributed by atoms with Crippen molar-refractivity contribution in [2.24, 2.45) is 0 Å². The van der Waals surface area contributed by atoms with Crippen LogP contribution in [0.5, 0.6) is 0 Å². The SMILES string of the molecule is CCCCc1ccc2c(oc(=S)c3cc(-c4ccc(CCC)cc4)ccc32)c1F. The van der Waals surface area contributed by atoms with Gasteiger partial charge in [0.15, 0.2) is 16.1 Å². The van der Waals surface area contributed by atoms with Crippen LogP contribution in [0, 0.1) is 10.5 Å². The summed E-state index contributed by atoms with van der Waals surface area (Å²) in [6.45, 7) is 4.29. The van der Waals surface area contributed by atoms with Crippen LogP contribution < -0.4 is 0 Å². The summed E-state index contributed by atoms with van der Waals surface area (Å²) in [7, 11) is 0. The zero-order chi connectivity index (χ0) is 20.4. The molecule has 0 amide bonds. The van der Waals surface area contributed by atoms with E-state index in [4.69, 9.17) is 16.6 Å². The average molecular weight is 405 g/mol. The molecule has 0 saturated carbocycles. The Labute approximate surface area is 176 Å². The van der Waals surface area contributed by atoms with Crippen LogP contribution in [0.1, 0.15) is 44.2 Å². The molecule has 0 bridgehead atoms. The molecule has 3 heteroatoms. The summed E-state index contributed by atoms with van der Waals surface area (Å²) in [4.78, 5) is 0. The van der Waals surface area contributed by atoms with E-state index in [0.29, 0.717) is 16.7 Å². The van der Waals surface area contributed by atoms with E-state index in [0.717, 1.165) is 53.0 Å². The predicted octanol–water partition coefficient (Wildman–Crippen LogP) is 8.42. The summed E-state index contributed by atoms with van der Waals surface area (Å²) in [5, 5.41) is 2.56. The molecule has 4 aromatic rings. The van der Waals surface area contributed by atoms with Gasteiger partial charge in [0.05, 0.1) is 0 Å². The fourth-order valence-electron chi connectivity index (χ4n) is 3.90. The van der Waals surface area contributed by atoms with Gasteiger partial charge in [-0.15, -0.1) is 0 Å². The minimum Gasteiger partial charge on any atom is -0.441 e. The molecule has 29 heavy (non-hydrogen) atoms. The average Bonchev–Trinajstić information content (AvgIpc) is 2.74. The second-order valence-electron chi connectivity index (χ2n) is 7.62. The molecule has 1 heterocycles. The van der Waals surface area contributed by atoms with Crippen LogP contribution in [-0.4, -0.2) is 0 Å². The lowest BCUT2D eigenvalue weighted by Crippen LogP contribution is -1.93. The monoisotopic (exact) mass is 404 g/mol. The molecule has 0 spiro atoms. The van der Waals surface area contributed by atoms with Crippen molar-refractivity contribution in [3.8, 4) is 11.1 Å². The number of hydrogen-bond acceptors (Lipinski definition) is 2. The van der Waals surface area contributed by atoms with Crippen molar-refractivity contribution >= 4 is 34.0 Å². The van der Waals surface area contributed by atoms with Crippen LogP contribution in [-0.2, 0) is 12.8 Å². The van der Waals surface area contributed by atoms with Gasteiger partial charge in [-0.3, -0.25) is 0 Å². The maximum absolute atomic E-state index is 15.0. The largest absolute Gasteiger partial charge is 0.441 e. The van der Waals surface area contributed by atoms with E-state index in [1.807, 2.05) is 18.2 Å². The quantitative estimate of drug-likeness (QED) is 0.236. The minimum atomic E-state index is -0.278. The molecule has 0 fully saturated rings. The van der Waals surface area contributed by atoms with Crippen LogP contribution in [0.2, 0.25) is 0 Å². The summed E-state index contributed by atoms with van der Waals surface area (Å²) in [6, 6.07) is 18.6. The highest BCUT2D eigenvalue weighted by Crippen LogP contribution is 2.33. The Morgan fingerprint density at radius 1 is 0.793 bits per heavy atom. The molecule has 4 rings (SSSR count). The Balaban J connectivity index is 1.82. The van der Waals surface area contributed by atoms with E-state index in [1.54, 1.807) is 0 Å². The normalized spacial score (nSPS) is 11.4. The van der Waals surface area contributed by atoms with E-state index >= 15 is 4.39 Å². The van der Waals surface area contributed by atoms with E-state index in [2.05, 4.69) is 50.2 Å². The maximum Gasteiger partial charge on any atom is 0.198 e. The van der Waals surface area contributed by atoms with Gasteiger partial charge in [0.25, 0.3) is 0 Å². The molecular weight excluding hydrogens is 379 g/mol. The third-order valence-electron chi connectivity index (χ3n) is 5.53. The van der Waals surface area contributed by atoms with E-state index < -0.39 is 0 Å². The third kappa shape index (κ3) is 3.84. The molecule has 1 nitrogen and oxygen atoms in total. The molecule has 148 valence electrons.